The van der Waals surface area contributed by atoms with Crippen molar-refractivity contribution in [3.63, 3.8) is 0 Å². The van der Waals surface area contributed by atoms with Gasteiger partial charge in [0.25, 0.3) is 5.91 Å². The van der Waals surface area contributed by atoms with E-state index in [-0.39, 0.29) is 5.91 Å². The zero-order chi connectivity index (χ0) is 14.9. The Hall–Kier alpha value is -1.59. The third-order valence-corrected chi connectivity index (χ3v) is 4.96. The lowest BCUT2D eigenvalue weighted by Gasteiger charge is -2.22. The van der Waals surface area contributed by atoms with E-state index in [4.69, 9.17) is 0 Å². The van der Waals surface area contributed by atoms with Gasteiger partial charge < -0.3 is 14.6 Å². The van der Waals surface area contributed by atoms with Gasteiger partial charge in [-0.15, -0.1) is 11.3 Å². The zero-order valence-corrected chi connectivity index (χ0v) is 13.0. The number of likely N-dealkylation sites (tertiary alicyclic amines) is 1. The topological polar surface area (TPSA) is 45.5 Å². The lowest BCUT2D eigenvalue weighted by molar-refractivity contribution is 0.0438. The molecule has 1 atom stereocenters. The highest BCUT2D eigenvalue weighted by atomic mass is 32.1. The van der Waals surface area contributed by atoms with Crippen LogP contribution in [0.4, 0.5) is 0 Å². The second kappa shape index (κ2) is 5.66. The van der Waals surface area contributed by atoms with Crippen LogP contribution in [0.1, 0.15) is 35.9 Å². The van der Waals surface area contributed by atoms with Crippen molar-refractivity contribution in [3.05, 3.63) is 40.8 Å². The Morgan fingerprint density at radius 1 is 1.29 bits per heavy atom. The number of hydrogen-bond donors (Lipinski definition) is 1. The standard InChI is InChI=1S/C16H20N2O2S/c1-16(20)6-4-10-18(11-7-16)15(19)14-13(5-12-21-14)17-8-2-3-9-17/h2-3,5,8-9,12,20H,4,6-7,10-11H2,1H3. The molecular formula is C16H20N2O2S. The van der Waals surface area contributed by atoms with E-state index in [0.29, 0.717) is 13.0 Å². The summed E-state index contributed by atoms with van der Waals surface area (Å²) in [7, 11) is 0. The average molecular weight is 304 g/mol. The van der Waals surface area contributed by atoms with Crippen LogP contribution in [0.25, 0.3) is 5.69 Å². The summed E-state index contributed by atoms with van der Waals surface area (Å²) in [6, 6.07) is 5.88. The summed E-state index contributed by atoms with van der Waals surface area (Å²) >= 11 is 1.48. The van der Waals surface area contributed by atoms with Crippen LogP contribution in [-0.2, 0) is 0 Å². The van der Waals surface area contributed by atoms with E-state index in [1.54, 1.807) is 0 Å². The number of aliphatic hydroxyl groups is 1. The first kappa shape index (κ1) is 14.4. The summed E-state index contributed by atoms with van der Waals surface area (Å²) in [4.78, 5) is 15.4. The van der Waals surface area contributed by atoms with Crippen LogP contribution in [0.5, 0.6) is 0 Å². The minimum Gasteiger partial charge on any atom is -0.390 e. The normalized spacial score (nSPS) is 23.0. The van der Waals surface area contributed by atoms with Gasteiger partial charge in [-0.1, -0.05) is 0 Å². The predicted octanol–water partition coefficient (Wildman–Crippen LogP) is 2.92. The first-order valence-electron chi connectivity index (χ1n) is 7.29. The van der Waals surface area contributed by atoms with Crippen LogP contribution in [-0.4, -0.2) is 39.2 Å². The predicted molar refractivity (Wildman–Crippen MR) is 84.0 cm³/mol. The van der Waals surface area contributed by atoms with E-state index in [1.165, 1.54) is 11.3 Å². The number of nitrogens with zero attached hydrogens (tertiary/aromatic N) is 2. The number of aromatic nitrogens is 1. The van der Waals surface area contributed by atoms with Gasteiger partial charge in [0.05, 0.1) is 11.3 Å². The maximum Gasteiger partial charge on any atom is 0.266 e. The maximum atomic E-state index is 12.8. The summed E-state index contributed by atoms with van der Waals surface area (Å²) in [5.41, 5.74) is 0.291. The van der Waals surface area contributed by atoms with Crippen molar-refractivity contribution in [1.29, 1.82) is 0 Å². The van der Waals surface area contributed by atoms with Gasteiger partial charge in [-0.25, -0.2) is 0 Å². The van der Waals surface area contributed by atoms with Crippen molar-refractivity contribution in [2.24, 2.45) is 0 Å². The number of thiophene rings is 1. The molecule has 1 N–H and O–H groups in total. The molecule has 0 saturated carbocycles. The van der Waals surface area contributed by atoms with Gasteiger partial charge in [-0.3, -0.25) is 4.79 Å². The Morgan fingerprint density at radius 3 is 2.81 bits per heavy atom. The molecule has 0 bridgehead atoms. The van der Waals surface area contributed by atoms with E-state index in [2.05, 4.69) is 0 Å². The molecule has 1 unspecified atom stereocenters. The molecule has 0 aliphatic carbocycles. The molecular weight excluding hydrogens is 284 g/mol. The van der Waals surface area contributed by atoms with E-state index >= 15 is 0 Å². The molecule has 4 nitrogen and oxygen atoms in total. The lowest BCUT2D eigenvalue weighted by atomic mass is 9.98. The van der Waals surface area contributed by atoms with Gasteiger partial charge in [0.2, 0.25) is 0 Å². The fraction of sp³-hybridized carbons (Fsp3) is 0.438. The minimum absolute atomic E-state index is 0.0754. The molecule has 0 spiro atoms. The van der Waals surface area contributed by atoms with E-state index < -0.39 is 5.60 Å². The van der Waals surface area contributed by atoms with Crippen molar-refractivity contribution in [2.45, 2.75) is 31.8 Å². The van der Waals surface area contributed by atoms with Crippen molar-refractivity contribution >= 4 is 17.2 Å². The second-order valence-electron chi connectivity index (χ2n) is 5.87. The summed E-state index contributed by atoms with van der Waals surface area (Å²) < 4.78 is 1.97. The first-order valence-corrected chi connectivity index (χ1v) is 8.17. The summed E-state index contributed by atoms with van der Waals surface area (Å²) in [5.74, 6) is 0.0754. The Balaban J connectivity index is 1.81. The van der Waals surface area contributed by atoms with Gasteiger partial charge in [0.1, 0.15) is 4.88 Å². The van der Waals surface area contributed by atoms with E-state index in [1.807, 2.05) is 52.4 Å². The van der Waals surface area contributed by atoms with Gasteiger partial charge in [-0.05, 0) is 49.8 Å². The summed E-state index contributed by atoms with van der Waals surface area (Å²) in [5, 5.41) is 12.1. The first-order chi connectivity index (χ1) is 10.1. The van der Waals surface area contributed by atoms with Crippen LogP contribution in [0, 0.1) is 0 Å². The van der Waals surface area contributed by atoms with E-state index in [9.17, 15) is 9.90 Å². The molecule has 0 aromatic carbocycles. The van der Waals surface area contributed by atoms with Crippen LogP contribution >= 0.6 is 11.3 Å². The Kier molecular flexibility index (Phi) is 3.87. The quantitative estimate of drug-likeness (QED) is 0.927. The fourth-order valence-corrected chi connectivity index (χ4v) is 3.63. The molecule has 5 heteroatoms. The Bertz CT molecular complexity index is 616. The van der Waals surface area contributed by atoms with Crippen molar-refractivity contribution < 1.29 is 9.90 Å². The number of hydrogen-bond acceptors (Lipinski definition) is 3. The van der Waals surface area contributed by atoms with Crippen LogP contribution in [0.2, 0.25) is 0 Å². The van der Waals surface area contributed by atoms with Gasteiger partial charge in [-0.2, -0.15) is 0 Å². The minimum atomic E-state index is -0.645. The highest BCUT2D eigenvalue weighted by Gasteiger charge is 2.28. The fourth-order valence-electron chi connectivity index (χ4n) is 2.77. The molecule has 21 heavy (non-hydrogen) atoms. The van der Waals surface area contributed by atoms with Crippen molar-refractivity contribution in [1.82, 2.24) is 9.47 Å². The number of carbonyl (C=O) groups excluding carboxylic acids is 1. The molecule has 3 rings (SSSR count). The largest absolute Gasteiger partial charge is 0.390 e. The number of amides is 1. The Labute approximate surface area is 128 Å². The number of carbonyl (C=O) groups is 1. The van der Waals surface area contributed by atoms with Gasteiger partial charge in [0, 0.05) is 25.5 Å². The smallest absolute Gasteiger partial charge is 0.266 e. The molecule has 1 fully saturated rings. The Morgan fingerprint density at radius 2 is 2.05 bits per heavy atom. The van der Waals surface area contributed by atoms with Crippen molar-refractivity contribution in [3.8, 4) is 5.69 Å². The van der Waals surface area contributed by atoms with Gasteiger partial charge >= 0.3 is 0 Å². The van der Waals surface area contributed by atoms with E-state index in [0.717, 1.165) is 30.0 Å². The lowest BCUT2D eigenvalue weighted by Crippen LogP contribution is -2.33. The molecule has 2 aromatic rings. The molecule has 0 radical (unpaired) electrons. The van der Waals surface area contributed by atoms with Crippen LogP contribution in [0.15, 0.2) is 36.0 Å². The molecule has 1 aliphatic rings. The number of rotatable bonds is 2. The highest BCUT2D eigenvalue weighted by Crippen LogP contribution is 2.26. The average Bonchev–Trinajstić information content (AvgIpc) is 3.08. The maximum absolute atomic E-state index is 12.8. The molecule has 1 aliphatic heterocycles. The van der Waals surface area contributed by atoms with Crippen molar-refractivity contribution in [2.75, 3.05) is 13.1 Å². The van der Waals surface area contributed by atoms with Gasteiger partial charge in [0.15, 0.2) is 0 Å². The molecule has 3 heterocycles. The second-order valence-corrected chi connectivity index (χ2v) is 6.78. The molecule has 1 saturated heterocycles. The molecule has 2 aromatic heterocycles. The third-order valence-electron chi connectivity index (χ3n) is 4.07. The third kappa shape index (κ3) is 3.04. The van der Waals surface area contributed by atoms with Crippen LogP contribution in [0.3, 0.4) is 0 Å². The summed E-state index contributed by atoms with van der Waals surface area (Å²) in [6.07, 6.45) is 6.15. The SMILES string of the molecule is CC1(O)CCCN(C(=O)c2sccc2-n2cccc2)CC1. The molecule has 112 valence electrons. The van der Waals surface area contributed by atoms with Crippen LogP contribution < -0.4 is 0 Å². The zero-order valence-electron chi connectivity index (χ0n) is 12.2. The monoisotopic (exact) mass is 304 g/mol. The highest BCUT2D eigenvalue weighted by molar-refractivity contribution is 7.12. The molecule has 1 amide bonds. The summed E-state index contributed by atoms with van der Waals surface area (Å²) in [6.45, 7) is 3.20.